The van der Waals surface area contributed by atoms with Crippen molar-refractivity contribution in [1.29, 1.82) is 0 Å². The number of benzene rings is 1. The summed E-state index contributed by atoms with van der Waals surface area (Å²) < 4.78 is 5.41. The van der Waals surface area contributed by atoms with Crippen molar-refractivity contribution in [2.45, 2.75) is 32.1 Å². The van der Waals surface area contributed by atoms with Gasteiger partial charge in [0.1, 0.15) is 0 Å². The fourth-order valence-electron chi connectivity index (χ4n) is 1.97. The first-order chi connectivity index (χ1) is 6.77. The van der Waals surface area contributed by atoms with Crippen LogP contribution in [-0.4, -0.2) is 13.2 Å². The van der Waals surface area contributed by atoms with Crippen molar-refractivity contribution < 1.29 is 4.74 Å². The van der Waals surface area contributed by atoms with E-state index < -0.39 is 0 Å². The van der Waals surface area contributed by atoms with Gasteiger partial charge in [-0.05, 0) is 23.5 Å². The predicted molar refractivity (Wildman–Crippen MR) is 58.7 cm³/mol. The highest BCUT2D eigenvalue weighted by Crippen LogP contribution is 2.27. The molecule has 1 aliphatic heterocycles. The van der Waals surface area contributed by atoms with E-state index in [1.54, 1.807) is 0 Å². The minimum Gasteiger partial charge on any atom is -0.381 e. The average Bonchev–Trinajstić information content (AvgIpc) is 2.71. The van der Waals surface area contributed by atoms with Gasteiger partial charge < -0.3 is 4.74 Å². The minimum absolute atomic E-state index is 0.622. The molecule has 0 aromatic heterocycles. The molecule has 0 amide bonds. The van der Waals surface area contributed by atoms with Crippen LogP contribution in [0, 0.1) is 0 Å². The maximum absolute atomic E-state index is 5.41. The Morgan fingerprint density at radius 2 is 2.21 bits per heavy atom. The first kappa shape index (κ1) is 9.72. The number of hydrogen-bond donors (Lipinski definition) is 0. The molecule has 14 heavy (non-hydrogen) atoms. The molecule has 0 unspecified atom stereocenters. The van der Waals surface area contributed by atoms with E-state index in [-0.39, 0.29) is 0 Å². The summed E-state index contributed by atoms with van der Waals surface area (Å²) in [6, 6.07) is 8.95. The van der Waals surface area contributed by atoms with E-state index in [2.05, 4.69) is 38.1 Å². The van der Waals surface area contributed by atoms with Crippen molar-refractivity contribution in [2.24, 2.45) is 0 Å². The molecule has 76 valence electrons. The standard InChI is InChI=1S/C13H18O/c1-10(2)11-4-3-5-12(8-11)13-6-7-14-9-13/h3-5,8,10,13H,6-7,9H2,1-2H3/t13-/m1/s1. The lowest BCUT2D eigenvalue weighted by Crippen LogP contribution is -1.98. The third kappa shape index (κ3) is 1.98. The third-order valence-corrected chi connectivity index (χ3v) is 2.98. The lowest BCUT2D eigenvalue weighted by atomic mass is 9.93. The SMILES string of the molecule is CC(C)c1cccc([C@@H]2CCOC2)c1. The van der Waals surface area contributed by atoms with Crippen molar-refractivity contribution in [2.75, 3.05) is 13.2 Å². The molecule has 0 N–H and O–H groups in total. The predicted octanol–water partition coefficient (Wildman–Crippen LogP) is 3.31. The zero-order valence-corrected chi connectivity index (χ0v) is 8.99. The zero-order valence-electron chi connectivity index (χ0n) is 8.99. The molecule has 1 heterocycles. The summed E-state index contributed by atoms with van der Waals surface area (Å²) in [7, 11) is 0. The Morgan fingerprint density at radius 3 is 2.86 bits per heavy atom. The Balaban J connectivity index is 2.21. The van der Waals surface area contributed by atoms with Crippen LogP contribution in [0.5, 0.6) is 0 Å². The molecular formula is C13H18O. The van der Waals surface area contributed by atoms with Crippen LogP contribution in [0.25, 0.3) is 0 Å². The Bertz CT molecular complexity index is 298. The Hall–Kier alpha value is -0.820. The molecule has 0 radical (unpaired) electrons. The van der Waals surface area contributed by atoms with Gasteiger partial charge in [-0.1, -0.05) is 38.1 Å². The topological polar surface area (TPSA) is 9.23 Å². The molecule has 2 rings (SSSR count). The third-order valence-electron chi connectivity index (χ3n) is 2.98. The number of hydrogen-bond acceptors (Lipinski definition) is 1. The van der Waals surface area contributed by atoms with Crippen molar-refractivity contribution in [3.8, 4) is 0 Å². The van der Waals surface area contributed by atoms with Gasteiger partial charge in [-0.15, -0.1) is 0 Å². The van der Waals surface area contributed by atoms with Gasteiger partial charge in [-0.2, -0.15) is 0 Å². The van der Waals surface area contributed by atoms with Crippen LogP contribution in [0.4, 0.5) is 0 Å². The summed E-state index contributed by atoms with van der Waals surface area (Å²) in [5.41, 5.74) is 2.89. The number of ether oxygens (including phenoxy) is 1. The van der Waals surface area contributed by atoms with E-state index >= 15 is 0 Å². The molecule has 0 aliphatic carbocycles. The van der Waals surface area contributed by atoms with E-state index in [1.165, 1.54) is 17.5 Å². The molecule has 0 bridgehead atoms. The maximum Gasteiger partial charge on any atom is 0.0535 e. The van der Waals surface area contributed by atoms with Crippen LogP contribution >= 0.6 is 0 Å². The van der Waals surface area contributed by atoms with Gasteiger partial charge in [0.2, 0.25) is 0 Å². The molecule has 1 aromatic rings. The molecule has 0 saturated carbocycles. The van der Waals surface area contributed by atoms with E-state index in [0.717, 1.165) is 13.2 Å². The lowest BCUT2D eigenvalue weighted by Gasteiger charge is -2.11. The molecule has 1 saturated heterocycles. The van der Waals surface area contributed by atoms with E-state index in [1.807, 2.05) is 0 Å². The Kier molecular flexibility index (Phi) is 2.87. The summed E-state index contributed by atoms with van der Waals surface area (Å²) in [5, 5.41) is 0. The largest absolute Gasteiger partial charge is 0.381 e. The van der Waals surface area contributed by atoms with Crippen molar-refractivity contribution in [3.63, 3.8) is 0 Å². The molecule has 1 fully saturated rings. The minimum atomic E-state index is 0.622. The van der Waals surface area contributed by atoms with E-state index in [9.17, 15) is 0 Å². The van der Waals surface area contributed by atoms with Crippen LogP contribution in [0.2, 0.25) is 0 Å². The molecule has 1 atom stereocenters. The highest BCUT2D eigenvalue weighted by Gasteiger charge is 2.17. The van der Waals surface area contributed by atoms with Crippen molar-refractivity contribution in [1.82, 2.24) is 0 Å². The number of rotatable bonds is 2. The summed E-state index contributed by atoms with van der Waals surface area (Å²) in [5.74, 6) is 1.26. The quantitative estimate of drug-likeness (QED) is 0.695. The van der Waals surface area contributed by atoms with Gasteiger partial charge in [0.05, 0.1) is 6.61 Å². The van der Waals surface area contributed by atoms with Crippen LogP contribution in [0.3, 0.4) is 0 Å². The van der Waals surface area contributed by atoms with Gasteiger partial charge in [0.15, 0.2) is 0 Å². The highest BCUT2D eigenvalue weighted by atomic mass is 16.5. The first-order valence-corrected chi connectivity index (χ1v) is 5.45. The molecule has 0 spiro atoms. The first-order valence-electron chi connectivity index (χ1n) is 5.45. The monoisotopic (exact) mass is 190 g/mol. The summed E-state index contributed by atoms with van der Waals surface area (Å²) in [6.07, 6.45) is 1.18. The summed E-state index contributed by atoms with van der Waals surface area (Å²) in [4.78, 5) is 0. The van der Waals surface area contributed by atoms with Crippen LogP contribution in [0.15, 0.2) is 24.3 Å². The lowest BCUT2D eigenvalue weighted by molar-refractivity contribution is 0.194. The van der Waals surface area contributed by atoms with E-state index in [0.29, 0.717) is 11.8 Å². The second-order valence-corrected chi connectivity index (χ2v) is 4.39. The molecule has 1 aliphatic rings. The van der Waals surface area contributed by atoms with Gasteiger partial charge in [0.25, 0.3) is 0 Å². The Labute approximate surface area is 86.1 Å². The van der Waals surface area contributed by atoms with Crippen LogP contribution < -0.4 is 0 Å². The Morgan fingerprint density at radius 1 is 1.36 bits per heavy atom. The summed E-state index contributed by atoms with van der Waals surface area (Å²) >= 11 is 0. The fourth-order valence-corrected chi connectivity index (χ4v) is 1.97. The normalized spacial score (nSPS) is 21.8. The van der Waals surface area contributed by atoms with Crippen molar-refractivity contribution >= 4 is 0 Å². The molecule has 1 aromatic carbocycles. The smallest absolute Gasteiger partial charge is 0.0535 e. The second kappa shape index (κ2) is 4.14. The van der Waals surface area contributed by atoms with Crippen LogP contribution in [0.1, 0.15) is 43.2 Å². The highest BCUT2D eigenvalue weighted by molar-refractivity contribution is 5.28. The van der Waals surface area contributed by atoms with Crippen molar-refractivity contribution in [3.05, 3.63) is 35.4 Å². The summed E-state index contributed by atoms with van der Waals surface area (Å²) in [6.45, 7) is 6.31. The molecule has 1 nitrogen and oxygen atoms in total. The molecular weight excluding hydrogens is 172 g/mol. The zero-order chi connectivity index (χ0) is 9.97. The van der Waals surface area contributed by atoms with Crippen LogP contribution in [-0.2, 0) is 4.74 Å². The van der Waals surface area contributed by atoms with E-state index in [4.69, 9.17) is 4.74 Å². The second-order valence-electron chi connectivity index (χ2n) is 4.39. The van der Waals surface area contributed by atoms with Gasteiger partial charge in [0, 0.05) is 12.5 Å². The fraction of sp³-hybridized carbons (Fsp3) is 0.538. The van der Waals surface area contributed by atoms with Gasteiger partial charge >= 0.3 is 0 Å². The van der Waals surface area contributed by atoms with Gasteiger partial charge in [-0.25, -0.2) is 0 Å². The maximum atomic E-state index is 5.41. The average molecular weight is 190 g/mol. The van der Waals surface area contributed by atoms with Gasteiger partial charge in [-0.3, -0.25) is 0 Å². The molecule has 1 heteroatoms.